The fraction of sp³-hybridized carbons (Fsp3) is 0.278. The van der Waals surface area contributed by atoms with Gasteiger partial charge < -0.3 is 5.32 Å². The van der Waals surface area contributed by atoms with Crippen LogP contribution in [0.1, 0.15) is 40.9 Å². The maximum atomic E-state index is 12.5. The van der Waals surface area contributed by atoms with Gasteiger partial charge in [0.15, 0.2) is 9.84 Å². The van der Waals surface area contributed by atoms with Crippen LogP contribution in [0.2, 0.25) is 5.02 Å². The third-order valence-corrected chi connectivity index (χ3v) is 4.68. The molecule has 24 heavy (non-hydrogen) atoms. The van der Waals surface area contributed by atoms with Gasteiger partial charge in [-0.05, 0) is 41.8 Å². The zero-order valence-corrected chi connectivity index (χ0v) is 15.2. The summed E-state index contributed by atoms with van der Waals surface area (Å²) in [5.74, 6) is -0.322. The molecule has 0 aliphatic heterocycles. The van der Waals surface area contributed by atoms with Gasteiger partial charge in [0, 0.05) is 16.8 Å². The Morgan fingerprint density at radius 2 is 1.88 bits per heavy atom. The van der Waals surface area contributed by atoms with Crippen molar-refractivity contribution in [1.29, 1.82) is 0 Å². The standard InChI is InChI=1S/C18H20ClNO3S/c1-3-17(14-7-5-9-16(19)11-14)20-18(21)15-8-4-6-13(10-15)12-24(2,22)23/h4-11,17H,3,12H2,1-2H3,(H,20,21). The maximum Gasteiger partial charge on any atom is 0.251 e. The molecule has 0 fully saturated rings. The third kappa shape index (κ3) is 5.35. The predicted molar refractivity (Wildman–Crippen MR) is 96.9 cm³/mol. The first-order chi connectivity index (χ1) is 11.3. The Hall–Kier alpha value is -1.85. The second-order valence-corrected chi connectivity index (χ2v) is 8.34. The van der Waals surface area contributed by atoms with E-state index in [1.165, 1.54) is 6.26 Å². The summed E-state index contributed by atoms with van der Waals surface area (Å²) >= 11 is 6.01. The Labute approximate surface area is 147 Å². The van der Waals surface area contributed by atoms with Crippen molar-refractivity contribution < 1.29 is 13.2 Å². The summed E-state index contributed by atoms with van der Waals surface area (Å²) in [6.45, 7) is 1.98. The van der Waals surface area contributed by atoms with E-state index >= 15 is 0 Å². The Morgan fingerprint density at radius 3 is 2.50 bits per heavy atom. The van der Waals surface area contributed by atoms with E-state index in [-0.39, 0.29) is 17.7 Å². The van der Waals surface area contributed by atoms with Crippen LogP contribution in [0, 0.1) is 0 Å². The van der Waals surface area contributed by atoms with Gasteiger partial charge in [-0.25, -0.2) is 8.42 Å². The molecule has 4 nitrogen and oxygen atoms in total. The van der Waals surface area contributed by atoms with Crippen molar-refractivity contribution in [2.75, 3.05) is 6.26 Å². The van der Waals surface area contributed by atoms with Crippen LogP contribution >= 0.6 is 11.6 Å². The molecule has 128 valence electrons. The number of amides is 1. The van der Waals surface area contributed by atoms with Crippen molar-refractivity contribution in [3.8, 4) is 0 Å². The molecule has 2 aromatic carbocycles. The van der Waals surface area contributed by atoms with E-state index in [4.69, 9.17) is 11.6 Å². The first-order valence-electron chi connectivity index (χ1n) is 7.61. The van der Waals surface area contributed by atoms with Crippen molar-refractivity contribution in [1.82, 2.24) is 5.32 Å². The molecule has 2 rings (SSSR count). The minimum absolute atomic E-state index is 0.0837. The number of halogens is 1. The fourth-order valence-corrected chi connectivity index (χ4v) is 3.47. The van der Waals surface area contributed by atoms with E-state index in [9.17, 15) is 13.2 Å². The van der Waals surface area contributed by atoms with Gasteiger partial charge in [-0.3, -0.25) is 4.79 Å². The SMILES string of the molecule is CCC(NC(=O)c1cccc(CS(C)(=O)=O)c1)c1cccc(Cl)c1. The van der Waals surface area contributed by atoms with E-state index in [0.717, 1.165) is 12.0 Å². The lowest BCUT2D eigenvalue weighted by atomic mass is 10.0. The zero-order valence-electron chi connectivity index (χ0n) is 13.6. The molecule has 1 N–H and O–H groups in total. The number of benzene rings is 2. The second kappa shape index (κ2) is 7.81. The number of rotatable bonds is 6. The maximum absolute atomic E-state index is 12.5. The highest BCUT2D eigenvalue weighted by Gasteiger charge is 2.15. The van der Waals surface area contributed by atoms with Crippen LogP contribution in [0.15, 0.2) is 48.5 Å². The van der Waals surface area contributed by atoms with E-state index in [1.807, 2.05) is 25.1 Å². The molecule has 0 aliphatic rings. The first kappa shape index (κ1) is 18.5. The highest BCUT2D eigenvalue weighted by Crippen LogP contribution is 2.21. The van der Waals surface area contributed by atoms with Crippen molar-refractivity contribution in [2.45, 2.75) is 25.1 Å². The summed E-state index contributed by atoms with van der Waals surface area (Å²) < 4.78 is 22.8. The molecule has 0 heterocycles. The molecule has 0 saturated carbocycles. The first-order valence-corrected chi connectivity index (χ1v) is 10.1. The summed E-state index contributed by atoms with van der Waals surface area (Å²) in [6.07, 6.45) is 1.89. The van der Waals surface area contributed by atoms with Crippen LogP contribution in [0.3, 0.4) is 0 Å². The minimum Gasteiger partial charge on any atom is -0.345 e. The quantitative estimate of drug-likeness (QED) is 0.847. The lowest BCUT2D eigenvalue weighted by Crippen LogP contribution is -2.28. The summed E-state index contributed by atoms with van der Waals surface area (Å²) in [4.78, 5) is 12.5. The van der Waals surface area contributed by atoms with Crippen LogP contribution in [0.5, 0.6) is 0 Å². The van der Waals surface area contributed by atoms with Crippen LogP contribution in [-0.4, -0.2) is 20.6 Å². The molecular weight excluding hydrogens is 346 g/mol. The van der Waals surface area contributed by atoms with E-state index in [1.54, 1.807) is 30.3 Å². The van der Waals surface area contributed by atoms with Crippen LogP contribution in [0.25, 0.3) is 0 Å². The van der Waals surface area contributed by atoms with Gasteiger partial charge in [0.1, 0.15) is 0 Å². The third-order valence-electron chi connectivity index (χ3n) is 3.58. The second-order valence-electron chi connectivity index (χ2n) is 5.76. The monoisotopic (exact) mass is 365 g/mol. The predicted octanol–water partition coefficient (Wildman–Crippen LogP) is 3.77. The molecule has 2 aromatic rings. The minimum atomic E-state index is -3.14. The Kier molecular flexibility index (Phi) is 6.02. The molecule has 0 radical (unpaired) electrons. The van der Waals surface area contributed by atoms with Crippen LogP contribution < -0.4 is 5.32 Å². The molecule has 0 aromatic heterocycles. The van der Waals surface area contributed by atoms with E-state index in [2.05, 4.69) is 5.32 Å². The molecule has 0 bridgehead atoms. The number of carbonyl (C=O) groups is 1. The van der Waals surface area contributed by atoms with Gasteiger partial charge in [0.2, 0.25) is 0 Å². The number of sulfone groups is 1. The van der Waals surface area contributed by atoms with Gasteiger partial charge in [-0.2, -0.15) is 0 Å². The van der Waals surface area contributed by atoms with Crippen molar-refractivity contribution in [3.05, 3.63) is 70.2 Å². The normalized spacial score (nSPS) is 12.6. The van der Waals surface area contributed by atoms with E-state index < -0.39 is 9.84 Å². The topological polar surface area (TPSA) is 63.2 Å². The molecule has 0 aliphatic carbocycles. The van der Waals surface area contributed by atoms with Gasteiger partial charge in [-0.1, -0.05) is 42.8 Å². The van der Waals surface area contributed by atoms with Gasteiger partial charge in [0.05, 0.1) is 11.8 Å². The molecule has 1 unspecified atom stereocenters. The van der Waals surface area contributed by atoms with Crippen molar-refractivity contribution >= 4 is 27.3 Å². The molecule has 6 heteroatoms. The largest absolute Gasteiger partial charge is 0.345 e. The Bertz CT molecular complexity index is 834. The molecule has 1 amide bonds. The number of nitrogens with one attached hydrogen (secondary N) is 1. The lowest BCUT2D eigenvalue weighted by molar-refractivity contribution is 0.0935. The fourth-order valence-electron chi connectivity index (χ4n) is 2.49. The number of hydrogen-bond acceptors (Lipinski definition) is 3. The van der Waals surface area contributed by atoms with Gasteiger partial charge in [0.25, 0.3) is 5.91 Å². The summed E-state index contributed by atoms with van der Waals surface area (Å²) in [5, 5.41) is 3.59. The Balaban J connectivity index is 2.17. The molecule has 0 spiro atoms. The Morgan fingerprint density at radius 1 is 1.17 bits per heavy atom. The zero-order chi connectivity index (χ0) is 17.7. The highest BCUT2D eigenvalue weighted by molar-refractivity contribution is 7.89. The smallest absolute Gasteiger partial charge is 0.251 e. The van der Waals surface area contributed by atoms with Gasteiger partial charge in [-0.15, -0.1) is 0 Å². The van der Waals surface area contributed by atoms with Crippen molar-refractivity contribution in [2.24, 2.45) is 0 Å². The lowest BCUT2D eigenvalue weighted by Gasteiger charge is -2.18. The molecule has 1 atom stereocenters. The average molecular weight is 366 g/mol. The molecule has 0 saturated heterocycles. The van der Waals surface area contributed by atoms with Crippen LogP contribution in [-0.2, 0) is 15.6 Å². The van der Waals surface area contributed by atoms with Crippen molar-refractivity contribution in [3.63, 3.8) is 0 Å². The highest BCUT2D eigenvalue weighted by atomic mass is 35.5. The molecular formula is C18H20ClNO3S. The summed E-state index contributed by atoms with van der Waals surface area (Å²) in [6, 6.07) is 13.9. The number of carbonyl (C=O) groups excluding carboxylic acids is 1. The van der Waals surface area contributed by atoms with E-state index in [0.29, 0.717) is 16.1 Å². The van der Waals surface area contributed by atoms with Crippen LogP contribution in [0.4, 0.5) is 0 Å². The average Bonchev–Trinajstić information content (AvgIpc) is 2.51. The number of hydrogen-bond donors (Lipinski definition) is 1. The summed E-state index contributed by atoms with van der Waals surface area (Å²) in [7, 11) is -3.14. The summed E-state index contributed by atoms with van der Waals surface area (Å²) in [5.41, 5.74) is 1.98. The van der Waals surface area contributed by atoms with Gasteiger partial charge >= 0.3 is 0 Å².